The number of carbonyl (C=O) groups is 1. The first kappa shape index (κ1) is 19.1. The van der Waals surface area contributed by atoms with Gasteiger partial charge in [0.1, 0.15) is 17.2 Å². The van der Waals surface area contributed by atoms with Crippen molar-refractivity contribution in [1.29, 1.82) is 0 Å². The predicted molar refractivity (Wildman–Crippen MR) is 105 cm³/mol. The van der Waals surface area contributed by atoms with Crippen molar-refractivity contribution in [1.82, 2.24) is 4.90 Å². The summed E-state index contributed by atoms with van der Waals surface area (Å²) in [6.45, 7) is 1.55. The average Bonchev–Trinajstić information content (AvgIpc) is 2.72. The van der Waals surface area contributed by atoms with Crippen molar-refractivity contribution in [3.05, 3.63) is 53.6 Å². The van der Waals surface area contributed by atoms with Gasteiger partial charge in [-0.05, 0) is 66.6 Å². The first-order chi connectivity index (χ1) is 13.1. The molecule has 0 bridgehead atoms. The molecule has 0 radical (unpaired) electrons. The summed E-state index contributed by atoms with van der Waals surface area (Å²) in [5, 5.41) is 9.42. The van der Waals surface area contributed by atoms with Crippen LogP contribution in [0.2, 0.25) is 0 Å². The van der Waals surface area contributed by atoms with Gasteiger partial charge in [-0.3, -0.25) is 4.79 Å². The molecule has 1 heterocycles. The highest BCUT2D eigenvalue weighted by Crippen LogP contribution is 2.30. The number of methoxy groups -OCH3 is 2. The molecule has 0 atom stereocenters. The lowest BCUT2D eigenvalue weighted by atomic mass is 9.89. The summed E-state index contributed by atoms with van der Waals surface area (Å²) < 4.78 is 10.7. The van der Waals surface area contributed by atoms with E-state index in [-0.39, 0.29) is 5.91 Å². The number of rotatable bonds is 6. The fraction of sp³-hybridized carbons (Fsp3) is 0.409. The number of carbonyl (C=O) groups excluding carboxylic acids is 1. The number of piperidine rings is 1. The second-order valence-electron chi connectivity index (χ2n) is 6.92. The average molecular weight is 369 g/mol. The van der Waals surface area contributed by atoms with E-state index >= 15 is 0 Å². The molecule has 144 valence electrons. The Morgan fingerprint density at radius 2 is 1.78 bits per heavy atom. The van der Waals surface area contributed by atoms with Crippen molar-refractivity contribution >= 4 is 5.91 Å². The number of aryl methyl sites for hydroxylation is 1. The molecule has 1 amide bonds. The van der Waals surface area contributed by atoms with E-state index in [1.165, 1.54) is 5.56 Å². The maximum absolute atomic E-state index is 12.6. The molecule has 2 aromatic rings. The van der Waals surface area contributed by atoms with Crippen molar-refractivity contribution < 1.29 is 19.4 Å². The van der Waals surface area contributed by atoms with Crippen LogP contribution in [0.3, 0.4) is 0 Å². The van der Waals surface area contributed by atoms with Crippen molar-refractivity contribution in [2.75, 3.05) is 27.3 Å². The van der Waals surface area contributed by atoms with Crippen LogP contribution in [0.5, 0.6) is 17.2 Å². The Bertz CT molecular complexity index is 764. The highest BCUT2D eigenvalue weighted by molar-refractivity contribution is 5.76. The third-order valence-corrected chi connectivity index (χ3v) is 5.31. The van der Waals surface area contributed by atoms with Gasteiger partial charge >= 0.3 is 0 Å². The SMILES string of the molecule is COc1ccc(OC)c(CCC(=O)N2CCC(c3ccc(O)cc3)CC2)c1. The summed E-state index contributed by atoms with van der Waals surface area (Å²) in [5.74, 6) is 2.49. The summed E-state index contributed by atoms with van der Waals surface area (Å²) in [5.41, 5.74) is 2.23. The van der Waals surface area contributed by atoms with E-state index in [4.69, 9.17) is 9.47 Å². The molecule has 0 aliphatic carbocycles. The summed E-state index contributed by atoms with van der Waals surface area (Å²) >= 11 is 0. The number of hydrogen-bond acceptors (Lipinski definition) is 4. The molecule has 0 unspecified atom stereocenters. The topological polar surface area (TPSA) is 59.0 Å². The standard InChI is InChI=1S/C22H27NO4/c1-26-20-8-9-21(27-2)18(15-20)5-10-22(25)23-13-11-17(12-14-23)16-3-6-19(24)7-4-16/h3-4,6-9,15,17,24H,5,10-14H2,1-2H3. The van der Waals surface area contributed by atoms with Crippen LogP contribution in [0, 0.1) is 0 Å². The van der Waals surface area contributed by atoms with Crippen LogP contribution in [-0.2, 0) is 11.2 Å². The van der Waals surface area contributed by atoms with Gasteiger partial charge in [0.25, 0.3) is 0 Å². The Labute approximate surface area is 160 Å². The van der Waals surface area contributed by atoms with Gasteiger partial charge in [-0.15, -0.1) is 0 Å². The number of likely N-dealkylation sites (tertiary alicyclic amines) is 1. The van der Waals surface area contributed by atoms with Gasteiger partial charge in [0.15, 0.2) is 0 Å². The number of nitrogens with zero attached hydrogens (tertiary/aromatic N) is 1. The smallest absolute Gasteiger partial charge is 0.222 e. The van der Waals surface area contributed by atoms with E-state index in [1.54, 1.807) is 26.4 Å². The third kappa shape index (κ3) is 4.73. The van der Waals surface area contributed by atoms with E-state index in [0.717, 1.165) is 43.0 Å². The Balaban J connectivity index is 1.53. The molecule has 0 aromatic heterocycles. The number of amides is 1. The summed E-state index contributed by atoms with van der Waals surface area (Å²) in [6.07, 6.45) is 3.02. The monoisotopic (exact) mass is 369 g/mol. The van der Waals surface area contributed by atoms with Gasteiger partial charge in [-0.25, -0.2) is 0 Å². The molecule has 3 rings (SSSR count). The largest absolute Gasteiger partial charge is 0.508 e. The quantitative estimate of drug-likeness (QED) is 0.843. The molecule has 2 aromatic carbocycles. The zero-order valence-electron chi connectivity index (χ0n) is 16.0. The molecule has 1 N–H and O–H groups in total. The first-order valence-electron chi connectivity index (χ1n) is 9.38. The lowest BCUT2D eigenvalue weighted by Crippen LogP contribution is -2.38. The molecule has 27 heavy (non-hydrogen) atoms. The van der Waals surface area contributed by atoms with Crippen LogP contribution in [0.1, 0.15) is 36.3 Å². The summed E-state index contributed by atoms with van der Waals surface area (Å²) in [7, 11) is 3.27. The van der Waals surface area contributed by atoms with Crippen molar-refractivity contribution in [3.8, 4) is 17.2 Å². The van der Waals surface area contributed by atoms with E-state index in [9.17, 15) is 9.90 Å². The maximum atomic E-state index is 12.6. The lowest BCUT2D eigenvalue weighted by Gasteiger charge is -2.32. The van der Waals surface area contributed by atoms with Crippen LogP contribution in [0.4, 0.5) is 0 Å². The van der Waals surface area contributed by atoms with Crippen molar-refractivity contribution in [2.24, 2.45) is 0 Å². The van der Waals surface area contributed by atoms with Crippen molar-refractivity contribution in [3.63, 3.8) is 0 Å². The number of phenols is 1. The van der Waals surface area contributed by atoms with Gasteiger partial charge < -0.3 is 19.5 Å². The number of ether oxygens (including phenoxy) is 2. The number of hydrogen-bond donors (Lipinski definition) is 1. The van der Waals surface area contributed by atoms with Crippen LogP contribution >= 0.6 is 0 Å². The molecular formula is C22H27NO4. The van der Waals surface area contributed by atoms with Gasteiger partial charge in [0.2, 0.25) is 5.91 Å². The molecule has 0 saturated carbocycles. The molecule has 1 fully saturated rings. The van der Waals surface area contributed by atoms with Gasteiger partial charge in [0.05, 0.1) is 14.2 Å². The number of benzene rings is 2. The van der Waals surface area contributed by atoms with E-state index in [2.05, 4.69) is 0 Å². The molecule has 5 heteroatoms. The first-order valence-corrected chi connectivity index (χ1v) is 9.38. The van der Waals surface area contributed by atoms with Crippen molar-refractivity contribution in [2.45, 2.75) is 31.6 Å². The minimum atomic E-state index is 0.184. The minimum absolute atomic E-state index is 0.184. The zero-order valence-corrected chi connectivity index (χ0v) is 16.0. The van der Waals surface area contributed by atoms with E-state index in [1.807, 2.05) is 35.2 Å². The summed E-state index contributed by atoms with van der Waals surface area (Å²) in [4.78, 5) is 14.6. The Hall–Kier alpha value is -2.69. The molecule has 1 aliphatic rings. The van der Waals surface area contributed by atoms with Crippen LogP contribution in [0.15, 0.2) is 42.5 Å². The highest BCUT2D eigenvalue weighted by Gasteiger charge is 2.23. The second kappa shape index (κ2) is 8.80. The molecule has 1 aliphatic heterocycles. The van der Waals surface area contributed by atoms with Crippen LogP contribution < -0.4 is 9.47 Å². The number of phenolic OH excluding ortho intramolecular Hbond substituents is 1. The zero-order chi connectivity index (χ0) is 19.2. The predicted octanol–water partition coefficient (Wildman–Crippen LogP) is 3.75. The van der Waals surface area contributed by atoms with Gasteiger partial charge in [-0.1, -0.05) is 12.1 Å². The Kier molecular flexibility index (Phi) is 6.22. The summed E-state index contributed by atoms with van der Waals surface area (Å²) in [6, 6.07) is 13.1. The Morgan fingerprint density at radius 3 is 2.41 bits per heavy atom. The molecule has 5 nitrogen and oxygen atoms in total. The van der Waals surface area contributed by atoms with Crippen LogP contribution in [0.25, 0.3) is 0 Å². The fourth-order valence-corrected chi connectivity index (χ4v) is 3.69. The second-order valence-corrected chi connectivity index (χ2v) is 6.92. The minimum Gasteiger partial charge on any atom is -0.508 e. The maximum Gasteiger partial charge on any atom is 0.222 e. The molecule has 0 spiro atoms. The van der Waals surface area contributed by atoms with Crippen LogP contribution in [-0.4, -0.2) is 43.2 Å². The normalized spacial score (nSPS) is 14.8. The van der Waals surface area contributed by atoms with Gasteiger partial charge in [0, 0.05) is 19.5 Å². The molecular weight excluding hydrogens is 342 g/mol. The third-order valence-electron chi connectivity index (χ3n) is 5.31. The lowest BCUT2D eigenvalue weighted by molar-refractivity contribution is -0.132. The Morgan fingerprint density at radius 1 is 1.07 bits per heavy atom. The highest BCUT2D eigenvalue weighted by atomic mass is 16.5. The van der Waals surface area contributed by atoms with E-state index < -0.39 is 0 Å². The number of aromatic hydroxyl groups is 1. The van der Waals surface area contributed by atoms with Gasteiger partial charge in [-0.2, -0.15) is 0 Å². The fourth-order valence-electron chi connectivity index (χ4n) is 3.69. The van der Waals surface area contributed by atoms with E-state index in [0.29, 0.717) is 24.5 Å². The molecule has 1 saturated heterocycles.